The van der Waals surface area contributed by atoms with E-state index in [4.69, 9.17) is 5.11 Å². The first-order valence-electron chi connectivity index (χ1n) is 6.01. The summed E-state index contributed by atoms with van der Waals surface area (Å²) in [5, 5.41) is 24.1. The van der Waals surface area contributed by atoms with Gasteiger partial charge in [-0.1, -0.05) is 0 Å². The van der Waals surface area contributed by atoms with Crippen molar-refractivity contribution in [3.05, 3.63) is 56.6 Å². The van der Waals surface area contributed by atoms with Crippen LogP contribution in [0.1, 0.15) is 27.3 Å². The first kappa shape index (κ1) is 14.6. The van der Waals surface area contributed by atoms with Gasteiger partial charge in [-0.25, -0.2) is 9.18 Å². The van der Waals surface area contributed by atoms with Gasteiger partial charge in [-0.3, -0.25) is 14.8 Å². The zero-order valence-electron chi connectivity index (χ0n) is 11.3. The molecule has 0 aliphatic rings. The van der Waals surface area contributed by atoms with Gasteiger partial charge in [-0.15, -0.1) is 0 Å². The lowest BCUT2D eigenvalue weighted by Gasteiger charge is -2.06. The number of rotatable bonds is 4. The molecule has 0 saturated carbocycles. The second-order valence-electron chi connectivity index (χ2n) is 4.54. The van der Waals surface area contributed by atoms with E-state index in [9.17, 15) is 19.3 Å². The summed E-state index contributed by atoms with van der Waals surface area (Å²) < 4.78 is 14.6. The van der Waals surface area contributed by atoms with E-state index in [-0.39, 0.29) is 23.4 Å². The van der Waals surface area contributed by atoms with Crippen molar-refractivity contribution >= 4 is 11.7 Å². The van der Waals surface area contributed by atoms with Crippen LogP contribution >= 0.6 is 0 Å². The van der Waals surface area contributed by atoms with Crippen molar-refractivity contribution < 1.29 is 19.2 Å². The zero-order valence-corrected chi connectivity index (χ0v) is 11.3. The van der Waals surface area contributed by atoms with Crippen LogP contribution < -0.4 is 0 Å². The normalized spacial score (nSPS) is 10.6. The summed E-state index contributed by atoms with van der Waals surface area (Å²) in [6, 6.07) is 3.13. The Morgan fingerprint density at radius 2 is 2.14 bits per heavy atom. The van der Waals surface area contributed by atoms with Gasteiger partial charge in [0.2, 0.25) is 0 Å². The second-order valence-corrected chi connectivity index (χ2v) is 4.54. The molecular formula is C13H12FN3O4. The summed E-state index contributed by atoms with van der Waals surface area (Å²) in [4.78, 5) is 21.5. The smallest absolute Gasteiger partial charge is 0.339 e. The Balaban J connectivity index is 2.48. The minimum absolute atomic E-state index is 0.0501. The van der Waals surface area contributed by atoms with Gasteiger partial charge in [0.25, 0.3) is 5.69 Å². The maximum atomic E-state index is 13.3. The highest BCUT2D eigenvalue weighted by Gasteiger charge is 2.20. The molecule has 1 aromatic heterocycles. The molecular weight excluding hydrogens is 281 g/mol. The van der Waals surface area contributed by atoms with Crippen LogP contribution in [0.3, 0.4) is 0 Å². The summed E-state index contributed by atoms with van der Waals surface area (Å²) in [6.07, 6.45) is 0. The molecule has 0 fully saturated rings. The molecule has 0 aliphatic carbocycles. The fourth-order valence-electron chi connectivity index (χ4n) is 2.18. The lowest BCUT2D eigenvalue weighted by Crippen LogP contribution is -2.08. The van der Waals surface area contributed by atoms with Crippen LogP contribution in [0.2, 0.25) is 0 Å². The van der Waals surface area contributed by atoms with E-state index in [0.717, 1.165) is 18.2 Å². The van der Waals surface area contributed by atoms with Crippen molar-refractivity contribution in [1.82, 2.24) is 9.78 Å². The van der Waals surface area contributed by atoms with Crippen LogP contribution in [0.5, 0.6) is 0 Å². The monoisotopic (exact) mass is 293 g/mol. The van der Waals surface area contributed by atoms with Gasteiger partial charge in [-0.2, -0.15) is 5.10 Å². The standard InChI is InChI=1S/C13H12FN3O4/c1-7-12(13(18)19)8(2)16(15-7)6-9-5-10(14)3-4-11(9)17(20)21/h3-5H,6H2,1-2H3,(H,18,19). The molecule has 8 heteroatoms. The number of hydrogen-bond donors (Lipinski definition) is 1. The van der Waals surface area contributed by atoms with Crippen LogP contribution in [-0.2, 0) is 6.54 Å². The molecule has 0 unspecified atom stereocenters. The fourth-order valence-corrected chi connectivity index (χ4v) is 2.18. The molecule has 1 aromatic carbocycles. The zero-order chi connectivity index (χ0) is 15.7. The highest BCUT2D eigenvalue weighted by molar-refractivity contribution is 5.90. The first-order valence-corrected chi connectivity index (χ1v) is 6.01. The van der Waals surface area contributed by atoms with Crippen molar-refractivity contribution in [2.75, 3.05) is 0 Å². The maximum absolute atomic E-state index is 13.3. The van der Waals surface area contributed by atoms with E-state index in [1.54, 1.807) is 6.92 Å². The summed E-state index contributed by atoms with van der Waals surface area (Å²) >= 11 is 0. The van der Waals surface area contributed by atoms with Crippen molar-refractivity contribution in [3.8, 4) is 0 Å². The number of aromatic nitrogens is 2. The number of carbonyl (C=O) groups is 1. The molecule has 110 valence electrons. The van der Waals surface area contributed by atoms with E-state index in [1.165, 1.54) is 11.6 Å². The topological polar surface area (TPSA) is 98.3 Å². The number of carboxylic acids is 1. The summed E-state index contributed by atoms with van der Waals surface area (Å²) in [5.74, 6) is -1.72. The minimum Gasteiger partial charge on any atom is -0.478 e. The largest absolute Gasteiger partial charge is 0.478 e. The van der Waals surface area contributed by atoms with Crippen molar-refractivity contribution in [3.63, 3.8) is 0 Å². The van der Waals surface area contributed by atoms with Gasteiger partial charge in [0.05, 0.1) is 28.4 Å². The van der Waals surface area contributed by atoms with Gasteiger partial charge in [0.1, 0.15) is 11.4 Å². The van der Waals surface area contributed by atoms with Gasteiger partial charge in [-0.05, 0) is 26.0 Å². The Kier molecular flexibility index (Phi) is 3.70. The average Bonchev–Trinajstić information content (AvgIpc) is 2.64. The van der Waals surface area contributed by atoms with Gasteiger partial charge >= 0.3 is 5.97 Å². The third-order valence-corrected chi connectivity index (χ3v) is 3.15. The molecule has 1 heterocycles. The lowest BCUT2D eigenvalue weighted by molar-refractivity contribution is -0.385. The summed E-state index contributed by atoms with van der Waals surface area (Å²) in [7, 11) is 0. The predicted molar refractivity (Wildman–Crippen MR) is 70.8 cm³/mol. The molecule has 0 saturated heterocycles. The van der Waals surface area contributed by atoms with Gasteiger partial charge in [0.15, 0.2) is 0 Å². The van der Waals surface area contributed by atoms with Crippen molar-refractivity contribution in [2.45, 2.75) is 20.4 Å². The molecule has 21 heavy (non-hydrogen) atoms. The number of nitro benzene ring substituents is 1. The second kappa shape index (κ2) is 5.31. The molecule has 0 atom stereocenters. The van der Waals surface area contributed by atoms with Gasteiger partial charge < -0.3 is 5.11 Å². The van der Waals surface area contributed by atoms with Crippen LogP contribution in [0.4, 0.5) is 10.1 Å². The lowest BCUT2D eigenvalue weighted by atomic mass is 10.1. The minimum atomic E-state index is -1.12. The summed E-state index contributed by atoms with van der Waals surface area (Å²) in [6.45, 7) is 3.01. The molecule has 0 amide bonds. The molecule has 2 rings (SSSR count). The Hall–Kier alpha value is -2.77. The number of hydrogen-bond acceptors (Lipinski definition) is 4. The third kappa shape index (κ3) is 2.73. The number of benzene rings is 1. The molecule has 1 N–H and O–H groups in total. The average molecular weight is 293 g/mol. The van der Waals surface area contributed by atoms with E-state index in [1.807, 2.05) is 0 Å². The number of nitro groups is 1. The quantitative estimate of drug-likeness (QED) is 0.688. The van der Waals surface area contributed by atoms with Crippen LogP contribution in [0.25, 0.3) is 0 Å². The van der Waals surface area contributed by atoms with Crippen molar-refractivity contribution in [1.29, 1.82) is 0 Å². The molecule has 7 nitrogen and oxygen atoms in total. The Morgan fingerprint density at radius 3 is 2.67 bits per heavy atom. The van der Waals surface area contributed by atoms with Crippen molar-refractivity contribution in [2.24, 2.45) is 0 Å². The molecule has 0 aliphatic heterocycles. The molecule has 0 bridgehead atoms. The highest BCUT2D eigenvalue weighted by Crippen LogP contribution is 2.22. The van der Waals surface area contributed by atoms with Gasteiger partial charge in [0, 0.05) is 6.07 Å². The number of carboxylic acid groups (broad SMARTS) is 1. The number of aryl methyl sites for hydroxylation is 1. The number of halogens is 1. The van der Waals surface area contributed by atoms with E-state index in [2.05, 4.69) is 5.10 Å². The van der Waals surface area contributed by atoms with Crippen LogP contribution in [0.15, 0.2) is 18.2 Å². The Morgan fingerprint density at radius 1 is 1.48 bits per heavy atom. The van der Waals surface area contributed by atoms with Crippen LogP contribution in [-0.4, -0.2) is 25.8 Å². The molecule has 2 aromatic rings. The van der Waals surface area contributed by atoms with E-state index in [0.29, 0.717) is 11.4 Å². The summed E-state index contributed by atoms with van der Waals surface area (Å²) in [5.41, 5.74) is 0.607. The first-order chi connectivity index (χ1) is 9.81. The fraction of sp³-hybridized carbons (Fsp3) is 0.231. The predicted octanol–water partition coefficient (Wildman–Crippen LogP) is 2.29. The number of aromatic carboxylic acids is 1. The molecule has 0 spiro atoms. The SMILES string of the molecule is Cc1nn(Cc2cc(F)ccc2[N+](=O)[O-])c(C)c1C(=O)O. The van der Waals surface area contributed by atoms with E-state index < -0.39 is 16.7 Å². The third-order valence-electron chi connectivity index (χ3n) is 3.15. The Labute approximate surface area is 118 Å². The number of nitrogens with zero attached hydrogens (tertiary/aromatic N) is 3. The molecule has 0 radical (unpaired) electrons. The van der Waals surface area contributed by atoms with Crippen LogP contribution in [0, 0.1) is 29.8 Å². The van der Waals surface area contributed by atoms with E-state index >= 15 is 0 Å². The maximum Gasteiger partial charge on any atom is 0.339 e. The highest BCUT2D eigenvalue weighted by atomic mass is 19.1. The Bertz CT molecular complexity index is 739.